The zero-order valence-electron chi connectivity index (χ0n) is 5.09. The summed E-state index contributed by atoms with van der Waals surface area (Å²) in [7, 11) is 0. The Morgan fingerprint density at radius 3 is 2.89 bits per heavy atom. The molecule has 0 fully saturated rings. The molecule has 0 aromatic heterocycles. The zero-order valence-corrected chi connectivity index (χ0v) is 6.72. The minimum absolute atomic E-state index is 0.643. The fraction of sp³-hybridized carbons (Fsp3) is 0.600. The van der Waals surface area contributed by atoms with Crippen LogP contribution in [-0.4, -0.2) is 11.7 Å². The summed E-state index contributed by atoms with van der Waals surface area (Å²) < 4.78 is 4.77. The van der Waals surface area contributed by atoms with Gasteiger partial charge in [-0.15, -0.1) is 11.8 Å². The van der Waals surface area contributed by atoms with E-state index in [0.717, 1.165) is 0 Å². The molecule has 0 saturated carbocycles. The van der Waals surface area contributed by atoms with E-state index >= 15 is 0 Å². The number of thiocyanates is 1. The first kappa shape index (κ1) is 9.15. The van der Waals surface area contributed by atoms with E-state index in [-0.39, 0.29) is 0 Å². The van der Waals surface area contributed by atoms with Crippen LogP contribution in [0.4, 0.5) is 0 Å². The first-order valence-electron chi connectivity index (χ1n) is 2.41. The van der Waals surface area contributed by atoms with Gasteiger partial charge in [0.1, 0.15) is 5.40 Å². The van der Waals surface area contributed by atoms with E-state index in [4.69, 9.17) is 10.00 Å². The van der Waals surface area contributed by atoms with Crippen molar-refractivity contribution in [1.29, 1.82) is 5.26 Å². The van der Waals surface area contributed by atoms with E-state index in [1.165, 1.54) is 23.5 Å². The van der Waals surface area contributed by atoms with Crippen LogP contribution < -0.4 is 0 Å². The van der Waals surface area contributed by atoms with Gasteiger partial charge in [0.05, 0.1) is 5.08 Å². The van der Waals surface area contributed by atoms with Crippen molar-refractivity contribution in [3.63, 3.8) is 0 Å². The molecule has 0 aromatic carbocycles. The van der Waals surface area contributed by atoms with Crippen molar-refractivity contribution in [2.24, 2.45) is 0 Å². The van der Waals surface area contributed by atoms with Gasteiger partial charge in [-0.05, 0) is 18.7 Å². The highest BCUT2D eigenvalue weighted by molar-refractivity contribution is 8.18. The monoisotopic (exact) mass is 161 g/mol. The molecule has 2 radical (unpaired) electrons. The van der Waals surface area contributed by atoms with Crippen LogP contribution in [-0.2, 0) is 4.74 Å². The molecule has 0 aromatic rings. The molecule has 0 amide bonds. The van der Waals surface area contributed by atoms with Crippen LogP contribution in [0.1, 0.15) is 6.92 Å². The predicted molar refractivity (Wildman–Crippen MR) is 40.5 cm³/mol. The van der Waals surface area contributed by atoms with E-state index in [2.05, 4.69) is 5.94 Å². The predicted octanol–water partition coefficient (Wildman–Crippen LogP) is 1.92. The van der Waals surface area contributed by atoms with Crippen LogP contribution in [0.2, 0.25) is 0 Å². The summed E-state index contributed by atoms with van der Waals surface area (Å²) in [6, 6.07) is 0. The normalized spacial score (nSPS) is 8.89. The van der Waals surface area contributed by atoms with Crippen molar-refractivity contribution in [2.45, 2.75) is 6.92 Å². The molecule has 50 valence electrons. The topological polar surface area (TPSA) is 33.0 Å². The van der Waals surface area contributed by atoms with Crippen LogP contribution in [0.15, 0.2) is 0 Å². The Labute approximate surface area is 64.0 Å². The number of ether oxygens (including phenoxy) is 1. The minimum Gasteiger partial charge on any atom is -0.356 e. The van der Waals surface area contributed by atoms with Gasteiger partial charge in [-0.2, -0.15) is 5.26 Å². The molecule has 0 saturated heterocycles. The molecule has 0 heterocycles. The molecular formula is C5H7NOS2. The third-order valence-electron chi connectivity index (χ3n) is 0.445. The summed E-state index contributed by atoms with van der Waals surface area (Å²) in [6.45, 7) is 2.54. The Morgan fingerprint density at radius 2 is 2.33 bits per heavy atom. The molecule has 0 aliphatic rings. The molecule has 0 aliphatic heterocycles. The first-order valence-corrected chi connectivity index (χ1v) is 4.38. The van der Waals surface area contributed by atoms with E-state index in [1.54, 1.807) is 0 Å². The van der Waals surface area contributed by atoms with Gasteiger partial charge in [0.2, 0.25) is 0 Å². The Bertz CT molecular complexity index is 91.4. The Balaban J connectivity index is 2.69. The van der Waals surface area contributed by atoms with E-state index in [0.29, 0.717) is 11.7 Å². The minimum atomic E-state index is 0.643. The van der Waals surface area contributed by atoms with E-state index < -0.39 is 0 Å². The highest BCUT2D eigenvalue weighted by atomic mass is 32.2. The fourth-order valence-corrected chi connectivity index (χ4v) is 1.02. The Hall–Kier alpha value is 0.150. The van der Waals surface area contributed by atoms with Gasteiger partial charge in [-0.1, -0.05) is 0 Å². The summed E-state index contributed by atoms with van der Waals surface area (Å²) in [4.78, 5) is 0. The quantitative estimate of drug-likeness (QED) is 0.350. The maximum Gasteiger partial charge on any atom is 0.199 e. The first-order chi connectivity index (χ1) is 4.41. The summed E-state index contributed by atoms with van der Waals surface area (Å²) in [6.07, 6.45) is 0. The lowest BCUT2D eigenvalue weighted by atomic mass is 10.9. The van der Waals surface area contributed by atoms with E-state index in [1.807, 2.05) is 12.3 Å². The van der Waals surface area contributed by atoms with Gasteiger partial charge < -0.3 is 4.74 Å². The number of nitrogens with zero attached hydrogens (tertiary/aromatic N) is 1. The van der Waals surface area contributed by atoms with Gasteiger partial charge in [0, 0.05) is 6.61 Å². The average Bonchev–Trinajstić information content (AvgIpc) is 1.89. The van der Waals surface area contributed by atoms with Crippen molar-refractivity contribution in [2.75, 3.05) is 11.7 Å². The van der Waals surface area contributed by atoms with Gasteiger partial charge in [0.25, 0.3) is 0 Å². The molecule has 0 aliphatic carbocycles. The smallest absolute Gasteiger partial charge is 0.199 e. The summed E-state index contributed by atoms with van der Waals surface area (Å²) in [5.41, 5.74) is 0. The highest BCUT2D eigenvalue weighted by Gasteiger charge is 1.88. The second-order valence-corrected chi connectivity index (χ2v) is 2.88. The second-order valence-electron chi connectivity index (χ2n) is 1.01. The lowest BCUT2D eigenvalue weighted by molar-refractivity contribution is 0.249. The molecule has 0 bridgehead atoms. The SMILES string of the molecule is CCO[C]SCSC#N. The molecular weight excluding hydrogens is 154 g/mol. The van der Waals surface area contributed by atoms with Gasteiger partial charge >= 0.3 is 0 Å². The van der Waals surface area contributed by atoms with Crippen LogP contribution >= 0.6 is 23.5 Å². The van der Waals surface area contributed by atoms with Crippen LogP contribution in [0, 0.1) is 16.6 Å². The summed E-state index contributed by atoms with van der Waals surface area (Å²) in [5, 5.41) is 10.7. The molecule has 0 atom stereocenters. The third kappa shape index (κ3) is 8.15. The molecule has 4 heteroatoms. The van der Waals surface area contributed by atoms with Crippen molar-refractivity contribution < 1.29 is 4.74 Å². The number of nitriles is 1. The maximum atomic E-state index is 8.05. The summed E-state index contributed by atoms with van der Waals surface area (Å²) in [5.74, 6) is 2.61. The van der Waals surface area contributed by atoms with E-state index in [9.17, 15) is 0 Å². The average molecular weight is 161 g/mol. The van der Waals surface area contributed by atoms with Gasteiger partial charge in [0.15, 0.2) is 5.94 Å². The fourth-order valence-electron chi connectivity index (χ4n) is 0.180. The number of hydrogen-bond acceptors (Lipinski definition) is 4. The van der Waals surface area contributed by atoms with Gasteiger partial charge in [-0.3, -0.25) is 0 Å². The summed E-state index contributed by atoms with van der Waals surface area (Å²) >= 11 is 2.56. The Morgan fingerprint density at radius 1 is 1.56 bits per heavy atom. The molecule has 2 nitrogen and oxygen atoms in total. The number of hydrogen-bond donors (Lipinski definition) is 0. The lowest BCUT2D eigenvalue weighted by Gasteiger charge is -1.93. The zero-order chi connectivity index (χ0) is 6.95. The second kappa shape index (κ2) is 8.15. The van der Waals surface area contributed by atoms with Crippen molar-refractivity contribution in [3.8, 4) is 5.40 Å². The highest BCUT2D eigenvalue weighted by Crippen LogP contribution is 2.13. The van der Waals surface area contributed by atoms with Crippen LogP contribution in [0.3, 0.4) is 0 Å². The van der Waals surface area contributed by atoms with Crippen LogP contribution in [0.25, 0.3) is 0 Å². The molecule has 0 spiro atoms. The third-order valence-corrected chi connectivity index (χ3v) is 1.75. The van der Waals surface area contributed by atoms with Crippen molar-refractivity contribution >= 4 is 23.5 Å². The Kier molecular flexibility index (Phi) is 8.29. The largest absolute Gasteiger partial charge is 0.356 e. The molecule has 0 rings (SSSR count). The lowest BCUT2D eigenvalue weighted by Crippen LogP contribution is -1.80. The molecule has 0 unspecified atom stereocenters. The molecule has 0 N–H and O–H groups in total. The van der Waals surface area contributed by atoms with Crippen molar-refractivity contribution in [1.82, 2.24) is 0 Å². The number of rotatable bonds is 5. The number of thioether (sulfide) groups is 2. The van der Waals surface area contributed by atoms with Gasteiger partial charge in [-0.25, -0.2) is 0 Å². The molecule has 9 heavy (non-hydrogen) atoms. The van der Waals surface area contributed by atoms with Crippen LogP contribution in [0.5, 0.6) is 0 Å². The standard InChI is InChI=1S/C5H7NOS2/c1-2-7-4-9-5-8-3-6/h2,5H2,1H3. The van der Waals surface area contributed by atoms with Crippen molar-refractivity contribution in [3.05, 3.63) is 5.94 Å². The maximum absolute atomic E-state index is 8.05.